The molecule has 3 rings (SSSR count). The molecule has 0 spiro atoms. The largest absolute Gasteiger partial charge is 0.326 e. The number of hydrogen-bond donors (Lipinski definition) is 2. The highest BCUT2D eigenvalue weighted by molar-refractivity contribution is 7.89. The molecule has 146 valence electrons. The molecule has 8 heteroatoms. The van der Waals surface area contributed by atoms with Gasteiger partial charge in [-0.3, -0.25) is 4.79 Å². The molecule has 0 fully saturated rings. The third-order valence-corrected chi connectivity index (χ3v) is 5.76. The van der Waals surface area contributed by atoms with Crippen LogP contribution < -0.4 is 10.0 Å². The van der Waals surface area contributed by atoms with Crippen LogP contribution in [0.25, 0.3) is 5.69 Å². The monoisotopic (exact) mass is 398 g/mol. The molecule has 0 unspecified atom stereocenters. The summed E-state index contributed by atoms with van der Waals surface area (Å²) in [5.74, 6) is -0.254. The Morgan fingerprint density at radius 1 is 1.14 bits per heavy atom. The minimum Gasteiger partial charge on any atom is -0.326 e. The molecule has 0 saturated carbocycles. The number of aryl methyl sites for hydroxylation is 1. The Kier molecular flexibility index (Phi) is 5.91. The first-order valence-electron chi connectivity index (χ1n) is 8.82. The first-order valence-corrected chi connectivity index (χ1v) is 10.3. The molecule has 1 heterocycles. The predicted octanol–water partition coefficient (Wildman–Crippen LogP) is 2.66. The zero-order valence-corrected chi connectivity index (χ0v) is 16.5. The Labute approximate surface area is 164 Å². The molecule has 0 atom stereocenters. The number of hydrogen-bond acceptors (Lipinski definition) is 4. The van der Waals surface area contributed by atoms with E-state index in [1.807, 2.05) is 36.5 Å². The van der Waals surface area contributed by atoms with Gasteiger partial charge in [-0.05, 0) is 48.7 Å². The number of para-hydroxylation sites is 1. The second-order valence-electron chi connectivity index (χ2n) is 6.44. The van der Waals surface area contributed by atoms with Gasteiger partial charge in [-0.15, -0.1) is 0 Å². The van der Waals surface area contributed by atoms with Crippen molar-refractivity contribution >= 4 is 21.6 Å². The molecule has 0 saturated heterocycles. The first-order chi connectivity index (χ1) is 13.3. The third kappa shape index (κ3) is 4.85. The van der Waals surface area contributed by atoms with E-state index < -0.39 is 10.0 Å². The third-order valence-electron chi connectivity index (χ3n) is 4.16. The highest BCUT2D eigenvalue weighted by Crippen LogP contribution is 2.20. The zero-order chi connectivity index (χ0) is 20.1. The van der Waals surface area contributed by atoms with Gasteiger partial charge in [0.25, 0.3) is 0 Å². The Morgan fingerprint density at radius 3 is 2.61 bits per heavy atom. The van der Waals surface area contributed by atoms with Crippen molar-refractivity contribution in [3.05, 3.63) is 72.1 Å². The lowest BCUT2D eigenvalue weighted by Gasteiger charge is -2.11. The number of amides is 1. The molecule has 0 aliphatic carbocycles. The fourth-order valence-corrected chi connectivity index (χ4v) is 4.09. The highest BCUT2D eigenvalue weighted by Gasteiger charge is 2.17. The van der Waals surface area contributed by atoms with Crippen LogP contribution in [0.4, 0.5) is 5.69 Å². The van der Waals surface area contributed by atoms with Gasteiger partial charge in [-0.1, -0.05) is 24.3 Å². The number of benzene rings is 2. The van der Waals surface area contributed by atoms with Gasteiger partial charge in [0.2, 0.25) is 15.9 Å². The molecule has 28 heavy (non-hydrogen) atoms. The lowest BCUT2D eigenvalue weighted by Crippen LogP contribution is -2.26. The van der Waals surface area contributed by atoms with Crippen molar-refractivity contribution in [1.29, 1.82) is 0 Å². The van der Waals surface area contributed by atoms with E-state index in [9.17, 15) is 13.2 Å². The maximum atomic E-state index is 12.7. The molecule has 0 aliphatic heterocycles. The van der Waals surface area contributed by atoms with Gasteiger partial charge < -0.3 is 5.32 Å². The van der Waals surface area contributed by atoms with Gasteiger partial charge in [-0.25, -0.2) is 17.8 Å². The molecular weight excluding hydrogens is 376 g/mol. The molecule has 1 aromatic heterocycles. The molecule has 2 N–H and O–H groups in total. The summed E-state index contributed by atoms with van der Waals surface area (Å²) >= 11 is 0. The average molecular weight is 398 g/mol. The van der Waals surface area contributed by atoms with Gasteiger partial charge in [0.15, 0.2) is 0 Å². The van der Waals surface area contributed by atoms with Crippen molar-refractivity contribution in [2.75, 3.05) is 11.9 Å². The Morgan fingerprint density at radius 2 is 1.89 bits per heavy atom. The summed E-state index contributed by atoms with van der Waals surface area (Å²) in [5, 5.41) is 6.91. The summed E-state index contributed by atoms with van der Waals surface area (Å²) in [7, 11) is -3.69. The van der Waals surface area contributed by atoms with Crippen molar-refractivity contribution in [1.82, 2.24) is 14.5 Å². The predicted molar refractivity (Wildman–Crippen MR) is 108 cm³/mol. The van der Waals surface area contributed by atoms with E-state index in [4.69, 9.17) is 0 Å². The van der Waals surface area contributed by atoms with E-state index in [0.29, 0.717) is 17.7 Å². The minimum absolute atomic E-state index is 0.152. The van der Waals surface area contributed by atoms with Crippen LogP contribution in [-0.4, -0.2) is 30.7 Å². The smallest absolute Gasteiger partial charge is 0.240 e. The summed E-state index contributed by atoms with van der Waals surface area (Å²) in [6, 6.07) is 14.5. The fourth-order valence-electron chi connectivity index (χ4n) is 2.79. The average Bonchev–Trinajstić information content (AvgIpc) is 3.12. The van der Waals surface area contributed by atoms with Crippen LogP contribution in [0.3, 0.4) is 0 Å². The SMILES string of the molecule is CC(=O)Nc1ccc(C)c(S(=O)(=O)NCCc2cnn(-c3ccccc3)c2)c1. The topological polar surface area (TPSA) is 93.1 Å². The molecule has 3 aromatic rings. The van der Waals surface area contributed by atoms with Gasteiger partial charge in [-0.2, -0.15) is 5.10 Å². The van der Waals surface area contributed by atoms with Crippen LogP contribution in [-0.2, 0) is 21.2 Å². The molecule has 0 aliphatic rings. The standard InChI is InChI=1S/C20H22N4O3S/c1-15-8-9-18(23-16(2)25)12-20(15)28(26,27)22-11-10-17-13-21-24(14-17)19-6-4-3-5-7-19/h3-9,12-14,22H,10-11H2,1-2H3,(H,23,25). The number of rotatable bonds is 7. The number of carbonyl (C=O) groups excluding carboxylic acids is 1. The van der Waals surface area contributed by atoms with Crippen LogP contribution in [0.2, 0.25) is 0 Å². The number of sulfonamides is 1. The van der Waals surface area contributed by atoms with E-state index in [1.165, 1.54) is 13.0 Å². The van der Waals surface area contributed by atoms with Gasteiger partial charge >= 0.3 is 0 Å². The number of anilines is 1. The van der Waals surface area contributed by atoms with E-state index >= 15 is 0 Å². The van der Waals surface area contributed by atoms with E-state index in [-0.39, 0.29) is 17.3 Å². The summed E-state index contributed by atoms with van der Waals surface area (Å²) in [4.78, 5) is 11.4. The molecule has 0 bridgehead atoms. The van der Waals surface area contributed by atoms with Crippen molar-refractivity contribution in [2.45, 2.75) is 25.2 Å². The lowest BCUT2D eigenvalue weighted by molar-refractivity contribution is -0.114. The van der Waals surface area contributed by atoms with Crippen LogP contribution >= 0.6 is 0 Å². The zero-order valence-electron chi connectivity index (χ0n) is 15.7. The van der Waals surface area contributed by atoms with Gasteiger partial charge in [0.05, 0.1) is 16.8 Å². The number of nitrogens with zero attached hydrogens (tertiary/aromatic N) is 2. The number of carbonyl (C=O) groups is 1. The lowest BCUT2D eigenvalue weighted by atomic mass is 10.2. The first kappa shape index (κ1) is 19.8. The van der Waals surface area contributed by atoms with Crippen molar-refractivity contribution in [2.24, 2.45) is 0 Å². The van der Waals surface area contributed by atoms with E-state index in [1.54, 1.807) is 29.9 Å². The molecule has 0 radical (unpaired) electrons. The Bertz CT molecular complexity index is 1080. The van der Waals surface area contributed by atoms with E-state index in [0.717, 1.165) is 11.3 Å². The van der Waals surface area contributed by atoms with Crippen LogP contribution in [0.1, 0.15) is 18.1 Å². The Hall–Kier alpha value is -2.97. The molecule has 1 amide bonds. The minimum atomic E-state index is -3.69. The number of aromatic nitrogens is 2. The Balaban J connectivity index is 1.66. The molecule has 2 aromatic carbocycles. The summed E-state index contributed by atoms with van der Waals surface area (Å²) < 4.78 is 29.7. The second kappa shape index (κ2) is 8.37. The maximum Gasteiger partial charge on any atom is 0.240 e. The summed E-state index contributed by atoms with van der Waals surface area (Å²) in [5.41, 5.74) is 2.93. The van der Waals surface area contributed by atoms with Crippen molar-refractivity contribution in [3.8, 4) is 5.69 Å². The van der Waals surface area contributed by atoms with Crippen molar-refractivity contribution < 1.29 is 13.2 Å². The highest BCUT2D eigenvalue weighted by atomic mass is 32.2. The quantitative estimate of drug-likeness (QED) is 0.640. The fraction of sp³-hybridized carbons (Fsp3) is 0.200. The van der Waals surface area contributed by atoms with Crippen LogP contribution in [0.5, 0.6) is 0 Å². The van der Waals surface area contributed by atoms with Crippen molar-refractivity contribution in [3.63, 3.8) is 0 Å². The van der Waals surface area contributed by atoms with Gasteiger partial charge in [0, 0.05) is 25.4 Å². The summed E-state index contributed by atoms with van der Waals surface area (Å²) in [6.07, 6.45) is 4.12. The van der Waals surface area contributed by atoms with E-state index in [2.05, 4.69) is 15.1 Å². The molecule has 7 nitrogen and oxygen atoms in total. The second-order valence-corrected chi connectivity index (χ2v) is 8.17. The van der Waals surface area contributed by atoms with Crippen LogP contribution in [0.15, 0.2) is 65.8 Å². The van der Waals surface area contributed by atoms with Gasteiger partial charge in [0.1, 0.15) is 0 Å². The normalized spacial score (nSPS) is 11.4. The summed E-state index contributed by atoms with van der Waals surface area (Å²) in [6.45, 7) is 3.34. The number of nitrogens with one attached hydrogen (secondary N) is 2. The molecular formula is C20H22N4O3S. The maximum absolute atomic E-state index is 12.7. The van der Waals surface area contributed by atoms with Crippen LogP contribution in [0, 0.1) is 6.92 Å².